The largest absolute Gasteiger partial charge is 0.374 e. The molecule has 0 bridgehead atoms. The van der Waals surface area contributed by atoms with Gasteiger partial charge in [-0.3, -0.25) is 4.90 Å². The Morgan fingerprint density at radius 2 is 2.23 bits per heavy atom. The number of morpholine rings is 1. The molecule has 5 nitrogen and oxygen atoms in total. The van der Waals surface area contributed by atoms with Gasteiger partial charge in [-0.1, -0.05) is 31.5 Å². The minimum absolute atomic E-state index is 0.124. The standard InChI is InChI=1S/C15H23ClN2O3S/c1-12(2)10-18-6-7-21-14(11-18)9-17-22(19,20)15-5-3-4-13(16)8-15/h3-5,8,12,14,17H,6-7,9-11H2,1-2H3. The zero-order valence-corrected chi connectivity index (χ0v) is 14.5. The summed E-state index contributed by atoms with van der Waals surface area (Å²) in [6.07, 6.45) is -0.124. The van der Waals surface area contributed by atoms with Gasteiger partial charge in [-0.05, 0) is 24.1 Å². The van der Waals surface area contributed by atoms with E-state index in [1.807, 2.05) is 0 Å². The molecule has 1 aromatic carbocycles. The first-order valence-electron chi connectivity index (χ1n) is 7.46. The van der Waals surface area contributed by atoms with E-state index in [1.54, 1.807) is 12.1 Å². The van der Waals surface area contributed by atoms with E-state index in [9.17, 15) is 8.42 Å². The lowest BCUT2D eigenvalue weighted by molar-refractivity contribution is -0.0280. The molecule has 22 heavy (non-hydrogen) atoms. The summed E-state index contributed by atoms with van der Waals surface area (Å²) in [6, 6.07) is 6.24. The normalized spacial score (nSPS) is 20.5. The molecule has 1 unspecified atom stereocenters. The van der Waals surface area contributed by atoms with Crippen LogP contribution in [0.15, 0.2) is 29.2 Å². The van der Waals surface area contributed by atoms with E-state index in [4.69, 9.17) is 16.3 Å². The van der Waals surface area contributed by atoms with E-state index < -0.39 is 10.0 Å². The predicted molar refractivity (Wildman–Crippen MR) is 87.7 cm³/mol. The Morgan fingerprint density at radius 3 is 2.91 bits per heavy atom. The minimum atomic E-state index is -3.56. The summed E-state index contributed by atoms with van der Waals surface area (Å²) in [6.45, 7) is 7.89. The van der Waals surface area contributed by atoms with Crippen LogP contribution < -0.4 is 4.72 Å². The molecule has 1 saturated heterocycles. The second kappa shape index (κ2) is 7.75. The van der Waals surface area contributed by atoms with E-state index in [-0.39, 0.29) is 17.5 Å². The van der Waals surface area contributed by atoms with Gasteiger partial charge in [0, 0.05) is 31.2 Å². The molecular formula is C15H23ClN2O3S. The summed E-state index contributed by atoms with van der Waals surface area (Å²) in [4.78, 5) is 2.49. The van der Waals surface area contributed by atoms with Crippen LogP contribution in [-0.2, 0) is 14.8 Å². The molecule has 0 aliphatic carbocycles. The number of nitrogens with one attached hydrogen (secondary N) is 1. The minimum Gasteiger partial charge on any atom is -0.374 e. The summed E-state index contributed by atoms with van der Waals surface area (Å²) >= 11 is 5.84. The van der Waals surface area contributed by atoms with Crippen LogP contribution in [0.25, 0.3) is 0 Å². The number of halogens is 1. The molecule has 0 radical (unpaired) electrons. The molecule has 0 spiro atoms. The lowest BCUT2D eigenvalue weighted by Gasteiger charge is -2.33. The van der Waals surface area contributed by atoms with Gasteiger partial charge in [0.2, 0.25) is 10.0 Å². The monoisotopic (exact) mass is 346 g/mol. The highest BCUT2D eigenvalue weighted by Gasteiger charge is 2.23. The summed E-state index contributed by atoms with van der Waals surface area (Å²) in [5, 5.41) is 0.403. The van der Waals surface area contributed by atoms with Crippen molar-refractivity contribution in [3.8, 4) is 0 Å². The van der Waals surface area contributed by atoms with Crippen molar-refractivity contribution in [1.82, 2.24) is 9.62 Å². The van der Waals surface area contributed by atoms with Crippen LogP contribution in [-0.4, -0.2) is 52.2 Å². The first-order chi connectivity index (χ1) is 10.4. The number of rotatable bonds is 6. The number of nitrogens with zero attached hydrogens (tertiary/aromatic N) is 1. The van der Waals surface area contributed by atoms with E-state index in [1.165, 1.54) is 12.1 Å². The number of hydrogen-bond acceptors (Lipinski definition) is 4. The lowest BCUT2D eigenvalue weighted by Crippen LogP contribution is -2.48. The first kappa shape index (κ1) is 17.7. The molecule has 1 heterocycles. The average Bonchev–Trinajstić information content (AvgIpc) is 2.45. The van der Waals surface area contributed by atoms with Gasteiger partial charge in [-0.15, -0.1) is 0 Å². The maximum atomic E-state index is 12.2. The summed E-state index contributed by atoms with van der Waals surface area (Å²) in [5.41, 5.74) is 0. The molecule has 124 valence electrons. The highest BCUT2D eigenvalue weighted by Crippen LogP contribution is 2.15. The lowest BCUT2D eigenvalue weighted by atomic mass is 10.2. The second-order valence-corrected chi connectivity index (χ2v) is 8.16. The van der Waals surface area contributed by atoms with Gasteiger partial charge < -0.3 is 4.74 Å². The predicted octanol–water partition coefficient (Wildman–Crippen LogP) is 1.98. The Hall–Kier alpha value is -0.660. The molecule has 7 heteroatoms. The van der Waals surface area contributed by atoms with Gasteiger partial charge in [0.15, 0.2) is 0 Å². The Balaban J connectivity index is 1.91. The van der Waals surface area contributed by atoms with Gasteiger partial charge >= 0.3 is 0 Å². The number of benzene rings is 1. The van der Waals surface area contributed by atoms with E-state index in [2.05, 4.69) is 23.5 Å². The van der Waals surface area contributed by atoms with E-state index in [0.717, 1.165) is 19.6 Å². The zero-order chi connectivity index (χ0) is 16.2. The van der Waals surface area contributed by atoms with Crippen molar-refractivity contribution in [2.75, 3.05) is 32.8 Å². The zero-order valence-electron chi connectivity index (χ0n) is 13.0. The molecule has 1 atom stereocenters. The molecule has 2 rings (SSSR count). The molecule has 1 fully saturated rings. The highest BCUT2D eigenvalue weighted by atomic mass is 35.5. The molecule has 1 N–H and O–H groups in total. The summed E-state index contributed by atoms with van der Waals surface area (Å²) in [7, 11) is -3.56. The molecule has 1 aliphatic rings. The third-order valence-electron chi connectivity index (χ3n) is 3.45. The Morgan fingerprint density at radius 1 is 1.45 bits per heavy atom. The van der Waals surface area contributed by atoms with Crippen molar-refractivity contribution in [3.05, 3.63) is 29.3 Å². The summed E-state index contributed by atoms with van der Waals surface area (Å²) in [5.74, 6) is 0.585. The van der Waals surface area contributed by atoms with Crippen LogP contribution in [0, 0.1) is 5.92 Å². The van der Waals surface area contributed by atoms with E-state index >= 15 is 0 Å². The third kappa shape index (κ3) is 5.21. The van der Waals surface area contributed by atoms with Crippen LogP contribution in [0.5, 0.6) is 0 Å². The SMILES string of the molecule is CC(C)CN1CCOC(CNS(=O)(=O)c2cccc(Cl)c2)C1. The van der Waals surface area contributed by atoms with Crippen LogP contribution in [0.2, 0.25) is 5.02 Å². The average molecular weight is 347 g/mol. The number of sulfonamides is 1. The number of ether oxygens (including phenoxy) is 1. The van der Waals surface area contributed by atoms with Crippen LogP contribution in [0.4, 0.5) is 0 Å². The van der Waals surface area contributed by atoms with Crippen molar-refractivity contribution in [2.45, 2.75) is 24.8 Å². The highest BCUT2D eigenvalue weighted by molar-refractivity contribution is 7.89. The van der Waals surface area contributed by atoms with Crippen molar-refractivity contribution < 1.29 is 13.2 Å². The fraction of sp³-hybridized carbons (Fsp3) is 0.600. The Kier molecular flexibility index (Phi) is 6.23. The van der Waals surface area contributed by atoms with Gasteiger partial charge in [-0.25, -0.2) is 13.1 Å². The molecule has 1 aromatic rings. The molecular weight excluding hydrogens is 324 g/mol. The van der Waals surface area contributed by atoms with Crippen molar-refractivity contribution in [2.24, 2.45) is 5.92 Å². The first-order valence-corrected chi connectivity index (χ1v) is 9.32. The fourth-order valence-corrected chi connectivity index (χ4v) is 3.87. The third-order valence-corrected chi connectivity index (χ3v) is 5.11. The van der Waals surface area contributed by atoms with Gasteiger partial charge in [0.05, 0.1) is 17.6 Å². The van der Waals surface area contributed by atoms with Crippen molar-refractivity contribution in [3.63, 3.8) is 0 Å². The van der Waals surface area contributed by atoms with Crippen molar-refractivity contribution in [1.29, 1.82) is 0 Å². The quantitative estimate of drug-likeness (QED) is 0.855. The van der Waals surface area contributed by atoms with Gasteiger partial charge in [0.1, 0.15) is 0 Å². The Labute approximate surface area is 137 Å². The van der Waals surface area contributed by atoms with E-state index in [0.29, 0.717) is 17.5 Å². The second-order valence-electron chi connectivity index (χ2n) is 5.96. The van der Waals surface area contributed by atoms with Crippen LogP contribution in [0.3, 0.4) is 0 Å². The van der Waals surface area contributed by atoms with Crippen molar-refractivity contribution >= 4 is 21.6 Å². The van der Waals surface area contributed by atoms with Gasteiger partial charge in [-0.2, -0.15) is 0 Å². The van der Waals surface area contributed by atoms with Gasteiger partial charge in [0.25, 0.3) is 0 Å². The molecule has 1 aliphatic heterocycles. The maximum Gasteiger partial charge on any atom is 0.240 e. The topological polar surface area (TPSA) is 58.6 Å². The maximum absolute atomic E-state index is 12.2. The van der Waals surface area contributed by atoms with Crippen LogP contribution >= 0.6 is 11.6 Å². The summed E-state index contributed by atoms with van der Waals surface area (Å²) < 4.78 is 32.8. The fourth-order valence-electron chi connectivity index (χ4n) is 2.51. The smallest absolute Gasteiger partial charge is 0.240 e. The molecule has 0 aromatic heterocycles. The molecule has 0 saturated carbocycles. The molecule has 0 amide bonds. The van der Waals surface area contributed by atoms with Crippen LogP contribution in [0.1, 0.15) is 13.8 Å². The Bertz CT molecular complexity index is 592. The number of hydrogen-bond donors (Lipinski definition) is 1.